The Balaban J connectivity index is 2.05. The van der Waals surface area contributed by atoms with Crippen LogP contribution in [0.1, 0.15) is 18.4 Å². The highest BCUT2D eigenvalue weighted by Crippen LogP contribution is 2.21. The molecule has 1 N–H and O–H groups in total. The van der Waals surface area contributed by atoms with Crippen molar-refractivity contribution in [1.29, 1.82) is 0 Å². The molecule has 1 aliphatic rings. The number of amides is 1. The normalized spacial score (nSPS) is 22.4. The summed E-state index contributed by atoms with van der Waals surface area (Å²) in [7, 11) is 6.30. The summed E-state index contributed by atoms with van der Waals surface area (Å²) in [5.41, 5.74) is 1.10. The maximum absolute atomic E-state index is 13.0. The molecule has 0 spiro atoms. The van der Waals surface area contributed by atoms with E-state index in [-0.39, 0.29) is 18.4 Å². The Morgan fingerprint density at radius 3 is 2.54 bits per heavy atom. The Bertz CT molecular complexity index is 507. The molecular formula is C19H31N3O2. The molecule has 0 aliphatic carbocycles. The van der Waals surface area contributed by atoms with Crippen molar-refractivity contribution in [3.8, 4) is 0 Å². The first-order chi connectivity index (χ1) is 11.5. The van der Waals surface area contributed by atoms with E-state index in [0.29, 0.717) is 19.1 Å². The van der Waals surface area contributed by atoms with Gasteiger partial charge in [0.05, 0.1) is 12.5 Å². The van der Waals surface area contributed by atoms with E-state index in [1.807, 2.05) is 35.2 Å². The first kappa shape index (κ1) is 18.9. The number of aliphatic hydroxyl groups excluding tert-OH is 1. The highest BCUT2D eigenvalue weighted by Gasteiger charge is 2.30. The van der Waals surface area contributed by atoms with E-state index in [1.54, 1.807) is 0 Å². The number of hydrogen-bond donors (Lipinski definition) is 1. The van der Waals surface area contributed by atoms with E-state index >= 15 is 0 Å². The van der Waals surface area contributed by atoms with E-state index in [2.05, 4.69) is 30.9 Å². The van der Waals surface area contributed by atoms with Crippen LogP contribution in [0.25, 0.3) is 0 Å². The Morgan fingerprint density at radius 1 is 1.21 bits per heavy atom. The summed E-state index contributed by atoms with van der Waals surface area (Å²) in [5, 5.41) is 9.37. The lowest BCUT2D eigenvalue weighted by Gasteiger charge is -2.28. The zero-order chi connectivity index (χ0) is 17.5. The predicted molar refractivity (Wildman–Crippen MR) is 96.6 cm³/mol. The van der Waals surface area contributed by atoms with Gasteiger partial charge in [0.2, 0.25) is 5.91 Å². The smallest absolute Gasteiger partial charge is 0.227 e. The maximum Gasteiger partial charge on any atom is 0.227 e. The minimum Gasteiger partial charge on any atom is -0.395 e. The van der Waals surface area contributed by atoms with Gasteiger partial charge in [-0.05, 0) is 39.5 Å². The number of likely N-dealkylation sites (tertiary alicyclic amines) is 1. The molecule has 0 bridgehead atoms. The van der Waals surface area contributed by atoms with Crippen LogP contribution in [0.2, 0.25) is 0 Å². The van der Waals surface area contributed by atoms with Gasteiger partial charge in [-0.15, -0.1) is 0 Å². The fourth-order valence-electron chi connectivity index (χ4n) is 3.46. The maximum atomic E-state index is 13.0. The minimum absolute atomic E-state index is 0.00144. The first-order valence-corrected chi connectivity index (χ1v) is 8.79. The van der Waals surface area contributed by atoms with Crippen LogP contribution in [-0.4, -0.2) is 79.1 Å². The van der Waals surface area contributed by atoms with Gasteiger partial charge in [0.1, 0.15) is 0 Å². The molecule has 1 aromatic carbocycles. The highest BCUT2D eigenvalue weighted by molar-refractivity contribution is 5.79. The molecule has 2 atom stereocenters. The zero-order valence-electron chi connectivity index (χ0n) is 15.2. The van der Waals surface area contributed by atoms with Crippen molar-refractivity contribution in [3.63, 3.8) is 0 Å². The third-order valence-electron chi connectivity index (χ3n) is 4.88. The van der Waals surface area contributed by atoms with Crippen LogP contribution < -0.4 is 0 Å². The standard InChI is InChI=1S/C19H31N3O2/c1-20(2)18-10-9-17(14-21(3)15-18)19(24)22(11-12-23)13-16-7-5-4-6-8-16/h4-8,17-18,23H,9-15H2,1-3H3/t17-,18+/m1/s1. The van der Waals surface area contributed by atoms with E-state index in [4.69, 9.17) is 0 Å². The minimum atomic E-state index is 0.00144. The van der Waals surface area contributed by atoms with Crippen LogP contribution in [0, 0.1) is 5.92 Å². The van der Waals surface area contributed by atoms with Crippen LogP contribution in [0.15, 0.2) is 30.3 Å². The monoisotopic (exact) mass is 333 g/mol. The topological polar surface area (TPSA) is 47.0 Å². The summed E-state index contributed by atoms with van der Waals surface area (Å²) in [6.45, 7) is 2.75. The molecule has 1 aliphatic heterocycles. The summed E-state index contributed by atoms with van der Waals surface area (Å²) in [6.07, 6.45) is 1.94. The number of rotatable bonds is 6. The van der Waals surface area contributed by atoms with Crippen LogP contribution in [0.5, 0.6) is 0 Å². The molecule has 1 saturated heterocycles. The fourth-order valence-corrected chi connectivity index (χ4v) is 3.46. The molecule has 24 heavy (non-hydrogen) atoms. The second-order valence-corrected chi connectivity index (χ2v) is 7.08. The molecule has 1 amide bonds. The Hall–Kier alpha value is -1.43. The van der Waals surface area contributed by atoms with Crippen molar-refractivity contribution in [2.24, 2.45) is 5.92 Å². The third-order valence-corrected chi connectivity index (χ3v) is 4.88. The summed E-state index contributed by atoms with van der Waals surface area (Å²) in [6, 6.07) is 10.5. The van der Waals surface area contributed by atoms with Crippen molar-refractivity contribution in [2.45, 2.75) is 25.4 Å². The third kappa shape index (κ3) is 5.30. The first-order valence-electron chi connectivity index (χ1n) is 8.79. The van der Waals surface area contributed by atoms with Gasteiger partial charge in [-0.2, -0.15) is 0 Å². The fraction of sp³-hybridized carbons (Fsp3) is 0.632. The van der Waals surface area contributed by atoms with Crippen molar-refractivity contribution >= 4 is 5.91 Å². The van der Waals surface area contributed by atoms with Crippen LogP contribution in [-0.2, 0) is 11.3 Å². The number of aliphatic hydroxyl groups is 1. The van der Waals surface area contributed by atoms with Crippen LogP contribution >= 0.6 is 0 Å². The molecule has 0 saturated carbocycles. The number of benzene rings is 1. The van der Waals surface area contributed by atoms with Gasteiger partial charge in [-0.3, -0.25) is 4.79 Å². The summed E-state index contributed by atoms with van der Waals surface area (Å²) >= 11 is 0. The Kier molecular flexibility index (Phi) is 7.21. The molecular weight excluding hydrogens is 302 g/mol. The summed E-state index contributed by atoms with van der Waals surface area (Å²) in [5.74, 6) is 0.175. The molecule has 134 valence electrons. The van der Waals surface area contributed by atoms with Crippen LogP contribution in [0.4, 0.5) is 0 Å². The molecule has 1 aromatic rings. The van der Waals surface area contributed by atoms with E-state index in [1.165, 1.54) is 0 Å². The van der Waals surface area contributed by atoms with Gasteiger partial charge in [-0.1, -0.05) is 30.3 Å². The second kappa shape index (κ2) is 9.16. The summed E-state index contributed by atoms with van der Waals surface area (Å²) < 4.78 is 0. The van der Waals surface area contributed by atoms with Gasteiger partial charge < -0.3 is 19.8 Å². The Labute approximate surface area is 145 Å². The van der Waals surface area contributed by atoms with Crippen molar-refractivity contribution in [1.82, 2.24) is 14.7 Å². The highest BCUT2D eigenvalue weighted by atomic mass is 16.3. The van der Waals surface area contributed by atoms with E-state index in [0.717, 1.165) is 31.5 Å². The van der Waals surface area contributed by atoms with Gasteiger partial charge in [0.15, 0.2) is 0 Å². The average Bonchev–Trinajstić information content (AvgIpc) is 2.76. The number of carbonyl (C=O) groups is 1. The predicted octanol–water partition coefficient (Wildman–Crippen LogP) is 1.28. The quantitative estimate of drug-likeness (QED) is 0.852. The molecule has 1 fully saturated rings. The molecule has 1 heterocycles. The molecule has 0 radical (unpaired) electrons. The summed E-state index contributed by atoms with van der Waals surface area (Å²) in [4.78, 5) is 19.4. The number of nitrogens with zero attached hydrogens (tertiary/aromatic N) is 3. The second-order valence-electron chi connectivity index (χ2n) is 7.08. The lowest BCUT2D eigenvalue weighted by Crippen LogP contribution is -2.41. The molecule has 0 aromatic heterocycles. The van der Waals surface area contributed by atoms with Gasteiger partial charge >= 0.3 is 0 Å². The largest absolute Gasteiger partial charge is 0.395 e. The van der Waals surface area contributed by atoms with Gasteiger partial charge in [-0.25, -0.2) is 0 Å². The van der Waals surface area contributed by atoms with Crippen molar-refractivity contribution < 1.29 is 9.90 Å². The molecule has 5 heteroatoms. The average molecular weight is 333 g/mol. The molecule has 5 nitrogen and oxygen atoms in total. The van der Waals surface area contributed by atoms with E-state index < -0.39 is 0 Å². The number of hydrogen-bond acceptors (Lipinski definition) is 4. The molecule has 0 unspecified atom stereocenters. The number of likely N-dealkylation sites (N-methyl/N-ethyl adjacent to an activating group) is 2. The zero-order valence-corrected chi connectivity index (χ0v) is 15.2. The van der Waals surface area contributed by atoms with Gasteiger partial charge in [0.25, 0.3) is 0 Å². The lowest BCUT2D eigenvalue weighted by atomic mass is 9.99. The SMILES string of the molecule is CN1C[C@H](C(=O)N(CCO)Cc2ccccc2)CC[C@H](N(C)C)C1. The van der Waals surface area contributed by atoms with Crippen molar-refractivity contribution in [2.75, 3.05) is 47.4 Å². The van der Waals surface area contributed by atoms with Crippen molar-refractivity contribution in [3.05, 3.63) is 35.9 Å². The van der Waals surface area contributed by atoms with E-state index in [9.17, 15) is 9.90 Å². The Morgan fingerprint density at radius 2 is 1.92 bits per heavy atom. The lowest BCUT2D eigenvalue weighted by molar-refractivity contribution is -0.137. The molecule has 2 rings (SSSR count). The van der Waals surface area contributed by atoms with Gasteiger partial charge in [0, 0.05) is 32.2 Å². The van der Waals surface area contributed by atoms with Crippen LogP contribution in [0.3, 0.4) is 0 Å². The number of carbonyl (C=O) groups excluding carboxylic acids is 1.